The summed E-state index contributed by atoms with van der Waals surface area (Å²) in [5.74, 6) is -0.376. The first-order chi connectivity index (χ1) is 10.0. The van der Waals surface area contributed by atoms with E-state index in [-0.39, 0.29) is 5.97 Å². The molecule has 2 aromatic rings. The third kappa shape index (κ3) is 3.90. The summed E-state index contributed by atoms with van der Waals surface area (Å²) in [6.45, 7) is 2.39. The Morgan fingerprint density at radius 3 is 2.67 bits per heavy atom. The number of hydrogen-bond donors (Lipinski definition) is 1. The topological polar surface area (TPSA) is 38.3 Å². The molecule has 0 aromatic heterocycles. The van der Waals surface area contributed by atoms with Gasteiger partial charge in [-0.05, 0) is 42.8 Å². The fourth-order valence-electron chi connectivity index (χ4n) is 1.96. The molecule has 5 heteroatoms. The van der Waals surface area contributed by atoms with Gasteiger partial charge in [0.1, 0.15) is 0 Å². The molecular formula is C16H15Cl2NO2. The minimum absolute atomic E-state index is 0.376. The van der Waals surface area contributed by atoms with Crippen molar-refractivity contribution in [2.45, 2.75) is 13.5 Å². The zero-order valence-corrected chi connectivity index (χ0v) is 13.3. The van der Waals surface area contributed by atoms with Gasteiger partial charge in [0.05, 0.1) is 12.7 Å². The number of carbonyl (C=O) groups excluding carboxylic acids is 1. The van der Waals surface area contributed by atoms with Crippen LogP contribution in [0.1, 0.15) is 21.5 Å². The maximum atomic E-state index is 11.8. The van der Waals surface area contributed by atoms with Gasteiger partial charge in [0.2, 0.25) is 0 Å². The largest absolute Gasteiger partial charge is 0.465 e. The Morgan fingerprint density at radius 2 is 1.95 bits per heavy atom. The van der Waals surface area contributed by atoms with Crippen LogP contribution in [0, 0.1) is 6.92 Å². The predicted octanol–water partition coefficient (Wildman–Crippen LogP) is 4.70. The quantitative estimate of drug-likeness (QED) is 0.829. The van der Waals surface area contributed by atoms with Gasteiger partial charge in [0, 0.05) is 22.3 Å². The molecule has 0 fully saturated rings. The Labute approximate surface area is 133 Å². The zero-order valence-electron chi connectivity index (χ0n) is 11.7. The third-order valence-electron chi connectivity index (χ3n) is 3.06. The average Bonchev–Trinajstić information content (AvgIpc) is 2.48. The number of ether oxygens (including phenoxy) is 1. The predicted molar refractivity (Wildman–Crippen MR) is 86.3 cm³/mol. The Kier molecular flexibility index (Phi) is 5.10. The van der Waals surface area contributed by atoms with Crippen molar-refractivity contribution in [3.05, 3.63) is 63.1 Å². The molecule has 0 bridgehead atoms. The number of halogens is 2. The van der Waals surface area contributed by atoms with Crippen LogP contribution in [0.4, 0.5) is 5.69 Å². The number of rotatable bonds is 4. The van der Waals surface area contributed by atoms with Gasteiger partial charge in [-0.1, -0.05) is 34.8 Å². The molecular weight excluding hydrogens is 309 g/mol. The van der Waals surface area contributed by atoms with Crippen molar-refractivity contribution in [1.29, 1.82) is 0 Å². The Bertz CT molecular complexity index is 671. The summed E-state index contributed by atoms with van der Waals surface area (Å²) in [4.78, 5) is 11.8. The molecule has 0 aliphatic rings. The second-order valence-corrected chi connectivity index (χ2v) is 5.47. The Morgan fingerprint density at radius 1 is 1.19 bits per heavy atom. The van der Waals surface area contributed by atoms with E-state index in [4.69, 9.17) is 27.9 Å². The summed E-state index contributed by atoms with van der Waals surface area (Å²) in [5.41, 5.74) is 3.04. The highest BCUT2D eigenvalue weighted by molar-refractivity contribution is 6.33. The van der Waals surface area contributed by atoms with Crippen LogP contribution in [0.25, 0.3) is 0 Å². The summed E-state index contributed by atoms with van der Waals surface area (Å²) in [5, 5.41) is 4.44. The molecule has 0 radical (unpaired) electrons. The van der Waals surface area contributed by atoms with E-state index in [1.807, 2.05) is 19.1 Å². The summed E-state index contributed by atoms with van der Waals surface area (Å²) in [7, 11) is 1.36. The molecule has 0 heterocycles. The monoisotopic (exact) mass is 323 g/mol. The standard InChI is InChI=1S/C16H15Cl2NO2/c1-10-3-6-15(13(7-10)16(20)21-2)19-9-11-8-12(17)4-5-14(11)18/h3-8,19H,9H2,1-2H3. The first kappa shape index (κ1) is 15.7. The van der Waals surface area contributed by atoms with E-state index in [1.54, 1.807) is 24.3 Å². The van der Waals surface area contributed by atoms with Crippen LogP contribution >= 0.6 is 23.2 Å². The summed E-state index contributed by atoms with van der Waals surface area (Å²) in [6, 6.07) is 10.8. The van der Waals surface area contributed by atoms with Gasteiger partial charge >= 0.3 is 5.97 Å². The molecule has 21 heavy (non-hydrogen) atoms. The van der Waals surface area contributed by atoms with Crippen LogP contribution in [-0.2, 0) is 11.3 Å². The Hall–Kier alpha value is -1.71. The van der Waals surface area contributed by atoms with Gasteiger partial charge < -0.3 is 10.1 Å². The van der Waals surface area contributed by atoms with Crippen LogP contribution in [0.15, 0.2) is 36.4 Å². The van der Waals surface area contributed by atoms with Crippen molar-refractivity contribution < 1.29 is 9.53 Å². The third-order valence-corrected chi connectivity index (χ3v) is 3.66. The first-order valence-electron chi connectivity index (χ1n) is 6.38. The fourth-order valence-corrected chi connectivity index (χ4v) is 2.34. The molecule has 2 rings (SSSR count). The highest BCUT2D eigenvalue weighted by atomic mass is 35.5. The van der Waals surface area contributed by atoms with Crippen molar-refractivity contribution in [2.24, 2.45) is 0 Å². The highest BCUT2D eigenvalue weighted by Crippen LogP contribution is 2.23. The Balaban J connectivity index is 2.24. The lowest BCUT2D eigenvalue weighted by Gasteiger charge is -2.12. The lowest BCUT2D eigenvalue weighted by Crippen LogP contribution is -2.09. The van der Waals surface area contributed by atoms with Crippen LogP contribution in [0.3, 0.4) is 0 Å². The van der Waals surface area contributed by atoms with Crippen molar-refractivity contribution in [2.75, 3.05) is 12.4 Å². The average molecular weight is 324 g/mol. The van der Waals surface area contributed by atoms with E-state index in [1.165, 1.54) is 7.11 Å². The first-order valence-corrected chi connectivity index (χ1v) is 7.13. The second kappa shape index (κ2) is 6.83. The smallest absolute Gasteiger partial charge is 0.339 e. The van der Waals surface area contributed by atoms with E-state index >= 15 is 0 Å². The van der Waals surface area contributed by atoms with E-state index in [9.17, 15) is 4.79 Å². The van der Waals surface area contributed by atoms with Gasteiger partial charge in [0.15, 0.2) is 0 Å². The SMILES string of the molecule is COC(=O)c1cc(C)ccc1NCc1cc(Cl)ccc1Cl. The molecule has 0 atom stereocenters. The van der Waals surface area contributed by atoms with Crippen LogP contribution in [-0.4, -0.2) is 13.1 Å². The van der Waals surface area contributed by atoms with E-state index in [0.29, 0.717) is 27.8 Å². The van der Waals surface area contributed by atoms with Gasteiger partial charge in [0.25, 0.3) is 0 Å². The number of benzene rings is 2. The van der Waals surface area contributed by atoms with Gasteiger partial charge in [-0.3, -0.25) is 0 Å². The lowest BCUT2D eigenvalue weighted by molar-refractivity contribution is 0.0601. The molecule has 0 saturated carbocycles. The van der Waals surface area contributed by atoms with E-state index in [0.717, 1.165) is 11.1 Å². The molecule has 2 aromatic carbocycles. The maximum Gasteiger partial charge on any atom is 0.339 e. The zero-order chi connectivity index (χ0) is 15.4. The summed E-state index contributed by atoms with van der Waals surface area (Å²) in [6.07, 6.45) is 0. The van der Waals surface area contributed by atoms with Crippen LogP contribution in [0.5, 0.6) is 0 Å². The minimum Gasteiger partial charge on any atom is -0.465 e. The number of esters is 1. The number of hydrogen-bond acceptors (Lipinski definition) is 3. The van der Waals surface area contributed by atoms with Crippen molar-refractivity contribution in [3.63, 3.8) is 0 Å². The van der Waals surface area contributed by atoms with Gasteiger partial charge in [-0.2, -0.15) is 0 Å². The van der Waals surface area contributed by atoms with Crippen molar-refractivity contribution >= 4 is 34.9 Å². The van der Waals surface area contributed by atoms with Crippen LogP contribution in [0.2, 0.25) is 10.0 Å². The van der Waals surface area contributed by atoms with Crippen molar-refractivity contribution in [3.8, 4) is 0 Å². The summed E-state index contributed by atoms with van der Waals surface area (Å²) < 4.78 is 4.80. The molecule has 0 spiro atoms. The van der Waals surface area contributed by atoms with Gasteiger partial charge in [-0.25, -0.2) is 4.79 Å². The molecule has 1 N–H and O–H groups in total. The molecule has 110 valence electrons. The molecule has 0 unspecified atom stereocenters. The molecule has 0 amide bonds. The van der Waals surface area contributed by atoms with E-state index < -0.39 is 0 Å². The number of anilines is 1. The maximum absolute atomic E-state index is 11.8. The number of methoxy groups -OCH3 is 1. The molecule has 0 aliphatic heterocycles. The van der Waals surface area contributed by atoms with Crippen LogP contribution < -0.4 is 5.32 Å². The normalized spacial score (nSPS) is 10.3. The number of carbonyl (C=O) groups is 1. The summed E-state index contributed by atoms with van der Waals surface area (Å²) >= 11 is 12.1. The van der Waals surface area contributed by atoms with E-state index in [2.05, 4.69) is 5.32 Å². The lowest BCUT2D eigenvalue weighted by atomic mass is 10.1. The molecule has 0 saturated heterocycles. The number of nitrogens with one attached hydrogen (secondary N) is 1. The fraction of sp³-hybridized carbons (Fsp3) is 0.188. The number of aryl methyl sites for hydroxylation is 1. The van der Waals surface area contributed by atoms with Gasteiger partial charge in [-0.15, -0.1) is 0 Å². The highest BCUT2D eigenvalue weighted by Gasteiger charge is 2.12. The second-order valence-electron chi connectivity index (χ2n) is 4.63. The molecule has 0 aliphatic carbocycles. The van der Waals surface area contributed by atoms with Crippen molar-refractivity contribution in [1.82, 2.24) is 0 Å². The minimum atomic E-state index is -0.376. The molecule has 3 nitrogen and oxygen atoms in total.